The van der Waals surface area contributed by atoms with E-state index in [4.69, 9.17) is 11.6 Å². The fourth-order valence-electron chi connectivity index (χ4n) is 3.39. The minimum Gasteiger partial charge on any atom is -0.281 e. The van der Waals surface area contributed by atoms with E-state index in [0.29, 0.717) is 11.8 Å². The van der Waals surface area contributed by atoms with Gasteiger partial charge in [0.2, 0.25) is 5.24 Å². The average molecular weight is 215 g/mol. The van der Waals surface area contributed by atoms with E-state index in [1.807, 2.05) is 0 Å². The van der Waals surface area contributed by atoms with Crippen molar-refractivity contribution in [2.24, 2.45) is 17.8 Å². The molecule has 0 bridgehead atoms. The highest BCUT2D eigenvalue weighted by Crippen LogP contribution is 2.42. The molecule has 0 unspecified atom stereocenters. The minimum atomic E-state index is -0.0520. The smallest absolute Gasteiger partial charge is 0.225 e. The van der Waals surface area contributed by atoms with Crippen LogP contribution in [0, 0.1) is 17.8 Å². The third kappa shape index (κ3) is 2.13. The Balaban J connectivity index is 2.02. The lowest BCUT2D eigenvalue weighted by atomic mass is 9.80. The van der Waals surface area contributed by atoms with Crippen molar-refractivity contribution in [1.29, 1.82) is 0 Å². The highest BCUT2D eigenvalue weighted by Gasteiger charge is 2.36. The molecule has 0 spiro atoms. The molecule has 0 atom stereocenters. The summed E-state index contributed by atoms with van der Waals surface area (Å²) in [5.74, 6) is 1.42. The molecule has 14 heavy (non-hydrogen) atoms. The fourth-order valence-corrected chi connectivity index (χ4v) is 3.74. The summed E-state index contributed by atoms with van der Waals surface area (Å²) < 4.78 is 0. The number of rotatable bonds is 3. The van der Waals surface area contributed by atoms with Crippen LogP contribution >= 0.6 is 11.6 Å². The Morgan fingerprint density at radius 1 is 0.929 bits per heavy atom. The van der Waals surface area contributed by atoms with Crippen molar-refractivity contribution >= 4 is 16.8 Å². The van der Waals surface area contributed by atoms with Gasteiger partial charge in [0, 0.05) is 5.92 Å². The average Bonchev–Trinajstić information content (AvgIpc) is 2.75. The molecule has 0 N–H and O–H groups in total. The molecule has 2 aliphatic rings. The summed E-state index contributed by atoms with van der Waals surface area (Å²) in [6, 6.07) is 0. The quantitative estimate of drug-likeness (QED) is 0.654. The van der Waals surface area contributed by atoms with Crippen LogP contribution in [0.5, 0.6) is 0 Å². The summed E-state index contributed by atoms with van der Waals surface area (Å²) in [5, 5.41) is -0.0520. The lowest BCUT2D eigenvalue weighted by Crippen LogP contribution is -2.25. The molecule has 0 aromatic heterocycles. The van der Waals surface area contributed by atoms with Crippen LogP contribution in [0.15, 0.2) is 0 Å². The van der Waals surface area contributed by atoms with Crippen LogP contribution in [0.25, 0.3) is 0 Å². The second-order valence-electron chi connectivity index (χ2n) is 4.92. The first-order valence-electron chi connectivity index (χ1n) is 5.98. The van der Waals surface area contributed by atoms with E-state index in [-0.39, 0.29) is 11.2 Å². The maximum Gasteiger partial charge on any atom is 0.225 e. The van der Waals surface area contributed by atoms with Gasteiger partial charge in [-0.15, -0.1) is 0 Å². The lowest BCUT2D eigenvalue weighted by Gasteiger charge is -2.25. The van der Waals surface area contributed by atoms with E-state index < -0.39 is 0 Å². The van der Waals surface area contributed by atoms with E-state index in [0.717, 1.165) is 0 Å². The van der Waals surface area contributed by atoms with Gasteiger partial charge >= 0.3 is 0 Å². The second kappa shape index (κ2) is 4.65. The molecular weight excluding hydrogens is 196 g/mol. The Hall–Kier alpha value is -0.0400. The zero-order chi connectivity index (χ0) is 9.97. The number of carbonyl (C=O) groups excluding carboxylic acids is 1. The van der Waals surface area contributed by atoms with Gasteiger partial charge in [0.15, 0.2) is 0 Å². The van der Waals surface area contributed by atoms with Crippen molar-refractivity contribution in [1.82, 2.24) is 0 Å². The Kier molecular flexibility index (Phi) is 3.48. The Morgan fingerprint density at radius 3 is 1.57 bits per heavy atom. The molecule has 0 amide bonds. The van der Waals surface area contributed by atoms with E-state index in [1.165, 1.54) is 51.4 Å². The Labute approximate surface area is 91.2 Å². The SMILES string of the molecule is O=C(Cl)C(C1CCCC1)C1CCCC1. The van der Waals surface area contributed by atoms with Crippen molar-refractivity contribution in [2.45, 2.75) is 51.4 Å². The van der Waals surface area contributed by atoms with Crippen LogP contribution in [0.4, 0.5) is 0 Å². The zero-order valence-electron chi connectivity index (χ0n) is 8.68. The zero-order valence-corrected chi connectivity index (χ0v) is 9.43. The predicted octanol–water partition coefficient (Wildman–Crippen LogP) is 3.75. The second-order valence-corrected chi connectivity index (χ2v) is 5.29. The van der Waals surface area contributed by atoms with Gasteiger partial charge in [0.05, 0.1) is 0 Å². The predicted molar refractivity (Wildman–Crippen MR) is 58.3 cm³/mol. The molecular formula is C12H19ClO. The summed E-state index contributed by atoms with van der Waals surface area (Å²) >= 11 is 5.76. The van der Waals surface area contributed by atoms with E-state index in [1.54, 1.807) is 0 Å². The van der Waals surface area contributed by atoms with Gasteiger partial charge < -0.3 is 0 Å². The molecule has 0 heterocycles. The fraction of sp³-hybridized carbons (Fsp3) is 0.917. The van der Waals surface area contributed by atoms with Gasteiger partial charge in [-0.1, -0.05) is 25.7 Å². The standard InChI is InChI=1S/C12H19ClO/c13-12(14)11(9-5-1-2-6-9)10-7-3-4-8-10/h9-11H,1-8H2. The molecule has 2 saturated carbocycles. The topological polar surface area (TPSA) is 17.1 Å². The first kappa shape index (κ1) is 10.5. The molecule has 2 rings (SSSR count). The van der Waals surface area contributed by atoms with Crippen molar-refractivity contribution in [3.8, 4) is 0 Å². The highest BCUT2D eigenvalue weighted by atomic mass is 35.5. The van der Waals surface area contributed by atoms with Crippen molar-refractivity contribution in [2.75, 3.05) is 0 Å². The van der Waals surface area contributed by atoms with Gasteiger partial charge in [0.25, 0.3) is 0 Å². The highest BCUT2D eigenvalue weighted by molar-refractivity contribution is 6.64. The number of carbonyl (C=O) groups is 1. The molecule has 80 valence electrons. The van der Waals surface area contributed by atoms with Crippen LogP contribution in [0.1, 0.15) is 51.4 Å². The van der Waals surface area contributed by atoms with Crippen molar-refractivity contribution < 1.29 is 4.79 Å². The Bertz CT molecular complexity index is 186. The molecule has 0 radical (unpaired) electrons. The van der Waals surface area contributed by atoms with Gasteiger partial charge in [0.1, 0.15) is 0 Å². The van der Waals surface area contributed by atoms with Gasteiger partial charge in [-0.05, 0) is 49.1 Å². The van der Waals surface area contributed by atoms with Crippen LogP contribution in [0.3, 0.4) is 0 Å². The summed E-state index contributed by atoms with van der Waals surface area (Å²) in [6.07, 6.45) is 10.2. The first-order chi connectivity index (χ1) is 6.79. The molecule has 2 fully saturated rings. The molecule has 0 aromatic rings. The third-order valence-corrected chi connectivity index (χ3v) is 4.33. The van der Waals surface area contributed by atoms with Crippen LogP contribution in [0.2, 0.25) is 0 Å². The summed E-state index contributed by atoms with van der Waals surface area (Å²) in [4.78, 5) is 11.5. The summed E-state index contributed by atoms with van der Waals surface area (Å²) in [7, 11) is 0. The van der Waals surface area contributed by atoms with E-state index in [9.17, 15) is 4.79 Å². The normalized spacial score (nSPS) is 25.0. The number of hydrogen-bond acceptors (Lipinski definition) is 1. The van der Waals surface area contributed by atoms with E-state index >= 15 is 0 Å². The molecule has 2 heteroatoms. The van der Waals surface area contributed by atoms with Gasteiger partial charge in [-0.25, -0.2) is 0 Å². The molecule has 0 aromatic carbocycles. The maximum absolute atomic E-state index is 11.5. The van der Waals surface area contributed by atoms with Gasteiger partial charge in [-0.3, -0.25) is 4.79 Å². The van der Waals surface area contributed by atoms with Crippen LogP contribution in [-0.2, 0) is 4.79 Å². The number of hydrogen-bond donors (Lipinski definition) is 0. The molecule has 0 saturated heterocycles. The van der Waals surface area contributed by atoms with Crippen LogP contribution in [-0.4, -0.2) is 5.24 Å². The maximum atomic E-state index is 11.5. The number of halogens is 1. The molecule has 1 nitrogen and oxygen atoms in total. The first-order valence-corrected chi connectivity index (χ1v) is 6.36. The minimum absolute atomic E-state index is 0.0520. The lowest BCUT2D eigenvalue weighted by molar-refractivity contribution is -0.118. The summed E-state index contributed by atoms with van der Waals surface area (Å²) in [6.45, 7) is 0. The monoisotopic (exact) mass is 214 g/mol. The van der Waals surface area contributed by atoms with Gasteiger partial charge in [-0.2, -0.15) is 0 Å². The molecule has 2 aliphatic carbocycles. The Morgan fingerprint density at radius 2 is 1.29 bits per heavy atom. The van der Waals surface area contributed by atoms with Crippen molar-refractivity contribution in [3.63, 3.8) is 0 Å². The molecule has 0 aliphatic heterocycles. The van der Waals surface area contributed by atoms with Crippen LogP contribution < -0.4 is 0 Å². The third-order valence-electron chi connectivity index (χ3n) is 4.08. The van der Waals surface area contributed by atoms with Crippen molar-refractivity contribution in [3.05, 3.63) is 0 Å². The summed E-state index contributed by atoms with van der Waals surface area (Å²) in [5.41, 5.74) is 0. The van der Waals surface area contributed by atoms with E-state index in [2.05, 4.69) is 0 Å². The largest absolute Gasteiger partial charge is 0.281 e.